The zero-order chi connectivity index (χ0) is 18.7. The molecule has 2 N–H and O–H groups in total. The Morgan fingerprint density at radius 2 is 1.88 bits per heavy atom. The largest absolute Gasteiger partial charge is 0.433 e. The highest BCUT2D eigenvalue weighted by Crippen LogP contribution is 2.27. The van der Waals surface area contributed by atoms with Crippen LogP contribution in [0.2, 0.25) is 0 Å². The summed E-state index contributed by atoms with van der Waals surface area (Å²) in [6.07, 6.45) is -1.61. The van der Waals surface area contributed by atoms with Gasteiger partial charge in [0.1, 0.15) is 11.5 Å². The van der Waals surface area contributed by atoms with E-state index in [0.29, 0.717) is 23.0 Å². The van der Waals surface area contributed by atoms with E-state index >= 15 is 0 Å². The zero-order valence-electron chi connectivity index (χ0n) is 14.2. The van der Waals surface area contributed by atoms with E-state index in [9.17, 15) is 13.2 Å². The molecule has 3 rings (SSSR count). The van der Waals surface area contributed by atoms with Crippen molar-refractivity contribution < 1.29 is 13.2 Å². The molecule has 0 bridgehead atoms. The van der Waals surface area contributed by atoms with Gasteiger partial charge in [0.15, 0.2) is 5.65 Å². The van der Waals surface area contributed by atoms with Crippen LogP contribution in [0.4, 0.5) is 24.9 Å². The number of hydrogen-bond acceptors (Lipinski definition) is 6. The van der Waals surface area contributed by atoms with Gasteiger partial charge < -0.3 is 10.6 Å². The first kappa shape index (κ1) is 17.8. The molecule has 0 radical (unpaired) electrons. The summed E-state index contributed by atoms with van der Waals surface area (Å²) < 4.78 is 37.8. The van der Waals surface area contributed by atoms with Crippen molar-refractivity contribution in [1.82, 2.24) is 19.9 Å². The zero-order valence-corrected chi connectivity index (χ0v) is 14.2. The maximum atomic E-state index is 12.6. The molecule has 0 saturated heterocycles. The molecule has 0 atom stereocenters. The molecule has 0 saturated carbocycles. The first-order chi connectivity index (χ1) is 12.3. The average molecular weight is 362 g/mol. The molecular formula is C17H17F3N6. The standard InChI is InChI=1S/C17H17F3N6/c1-10(2)24-16-25-14-12(4-3-7-21-14)15(26-16)23-9-11-5-6-13(22-8-11)17(18,19)20/h3-8,10H,9H2,1-2H3,(H2,21,23,24,25,26). The van der Waals surface area contributed by atoms with E-state index in [1.165, 1.54) is 12.3 Å². The van der Waals surface area contributed by atoms with E-state index in [2.05, 4.69) is 30.6 Å². The van der Waals surface area contributed by atoms with Gasteiger partial charge in [0.25, 0.3) is 0 Å². The summed E-state index contributed by atoms with van der Waals surface area (Å²) in [6.45, 7) is 4.20. The van der Waals surface area contributed by atoms with Crippen LogP contribution in [0.3, 0.4) is 0 Å². The molecule has 9 heteroatoms. The third kappa shape index (κ3) is 4.16. The van der Waals surface area contributed by atoms with E-state index in [0.717, 1.165) is 11.5 Å². The Morgan fingerprint density at radius 3 is 2.54 bits per heavy atom. The molecule has 0 unspecified atom stereocenters. The lowest BCUT2D eigenvalue weighted by molar-refractivity contribution is -0.141. The number of hydrogen-bond donors (Lipinski definition) is 2. The van der Waals surface area contributed by atoms with Gasteiger partial charge in [-0.15, -0.1) is 0 Å². The summed E-state index contributed by atoms with van der Waals surface area (Å²) in [5, 5.41) is 6.97. The van der Waals surface area contributed by atoms with Crippen LogP contribution in [0.5, 0.6) is 0 Å². The van der Waals surface area contributed by atoms with Crippen molar-refractivity contribution >= 4 is 22.8 Å². The van der Waals surface area contributed by atoms with Gasteiger partial charge in [-0.1, -0.05) is 6.07 Å². The van der Waals surface area contributed by atoms with Crippen molar-refractivity contribution in [3.8, 4) is 0 Å². The molecule has 0 amide bonds. The molecule has 3 heterocycles. The molecule has 0 aliphatic rings. The maximum absolute atomic E-state index is 12.6. The minimum Gasteiger partial charge on any atom is -0.365 e. The van der Waals surface area contributed by atoms with E-state index in [1.54, 1.807) is 12.3 Å². The molecule has 6 nitrogen and oxygen atoms in total. The minimum absolute atomic E-state index is 0.142. The van der Waals surface area contributed by atoms with Crippen LogP contribution in [0.15, 0.2) is 36.7 Å². The van der Waals surface area contributed by atoms with Crippen LogP contribution in [0.1, 0.15) is 25.1 Å². The Hall–Kier alpha value is -2.97. The molecule has 3 aromatic heterocycles. The molecule has 0 aliphatic carbocycles. The summed E-state index contributed by atoms with van der Waals surface area (Å²) in [7, 11) is 0. The number of nitrogens with one attached hydrogen (secondary N) is 2. The lowest BCUT2D eigenvalue weighted by atomic mass is 10.2. The monoisotopic (exact) mass is 362 g/mol. The van der Waals surface area contributed by atoms with Gasteiger partial charge >= 0.3 is 6.18 Å². The highest BCUT2D eigenvalue weighted by atomic mass is 19.4. The summed E-state index contributed by atoms with van der Waals surface area (Å²) >= 11 is 0. The second kappa shape index (κ2) is 7.11. The molecule has 3 aromatic rings. The van der Waals surface area contributed by atoms with Gasteiger partial charge in [-0.2, -0.15) is 23.1 Å². The second-order valence-electron chi connectivity index (χ2n) is 5.97. The van der Waals surface area contributed by atoms with Crippen molar-refractivity contribution in [1.29, 1.82) is 0 Å². The maximum Gasteiger partial charge on any atom is 0.433 e. The van der Waals surface area contributed by atoms with E-state index in [1.807, 2.05) is 19.9 Å². The van der Waals surface area contributed by atoms with E-state index < -0.39 is 11.9 Å². The summed E-state index contributed by atoms with van der Waals surface area (Å²) in [5.74, 6) is 0.977. The molecular weight excluding hydrogens is 345 g/mol. The number of halogens is 3. The van der Waals surface area contributed by atoms with Crippen LogP contribution in [-0.4, -0.2) is 26.0 Å². The molecule has 26 heavy (non-hydrogen) atoms. The van der Waals surface area contributed by atoms with Crippen molar-refractivity contribution in [2.45, 2.75) is 32.6 Å². The smallest absolute Gasteiger partial charge is 0.365 e. The van der Waals surface area contributed by atoms with Gasteiger partial charge in [-0.25, -0.2) is 4.98 Å². The second-order valence-corrected chi connectivity index (χ2v) is 5.97. The fraction of sp³-hybridized carbons (Fsp3) is 0.294. The first-order valence-corrected chi connectivity index (χ1v) is 7.98. The van der Waals surface area contributed by atoms with E-state index in [-0.39, 0.29) is 12.6 Å². The lowest BCUT2D eigenvalue weighted by Crippen LogP contribution is -2.14. The van der Waals surface area contributed by atoms with Gasteiger partial charge in [0, 0.05) is 25.0 Å². The highest BCUT2D eigenvalue weighted by molar-refractivity contribution is 5.87. The number of anilines is 2. The average Bonchev–Trinajstić information content (AvgIpc) is 2.58. The van der Waals surface area contributed by atoms with Crippen molar-refractivity contribution in [2.75, 3.05) is 10.6 Å². The van der Waals surface area contributed by atoms with Crippen LogP contribution >= 0.6 is 0 Å². The Labute approximate surface area is 147 Å². The molecule has 0 fully saturated rings. The highest BCUT2D eigenvalue weighted by Gasteiger charge is 2.31. The minimum atomic E-state index is -4.45. The topological polar surface area (TPSA) is 75.6 Å². The SMILES string of the molecule is CC(C)Nc1nc(NCc2ccc(C(F)(F)F)nc2)c2cccnc2n1. The van der Waals surface area contributed by atoms with Gasteiger partial charge in [0.2, 0.25) is 5.95 Å². The van der Waals surface area contributed by atoms with Crippen molar-refractivity contribution in [2.24, 2.45) is 0 Å². The fourth-order valence-electron chi connectivity index (χ4n) is 2.30. The normalized spacial score (nSPS) is 11.8. The number of rotatable bonds is 5. The van der Waals surface area contributed by atoms with Crippen LogP contribution in [-0.2, 0) is 12.7 Å². The third-order valence-corrected chi connectivity index (χ3v) is 3.46. The summed E-state index contributed by atoms with van der Waals surface area (Å²) in [5.41, 5.74) is 0.215. The number of aromatic nitrogens is 4. The molecule has 0 spiro atoms. The number of fused-ring (bicyclic) bond motifs is 1. The fourth-order valence-corrected chi connectivity index (χ4v) is 2.30. The summed E-state index contributed by atoms with van der Waals surface area (Å²) in [4.78, 5) is 16.5. The summed E-state index contributed by atoms with van der Waals surface area (Å²) in [6, 6.07) is 6.09. The lowest BCUT2D eigenvalue weighted by Gasteiger charge is -2.13. The molecule has 136 valence electrons. The Balaban J connectivity index is 1.83. The van der Waals surface area contributed by atoms with Crippen LogP contribution in [0.25, 0.3) is 11.0 Å². The van der Waals surface area contributed by atoms with Gasteiger partial charge in [0.05, 0.1) is 5.39 Å². The Kier molecular flexibility index (Phi) is 4.88. The van der Waals surface area contributed by atoms with Gasteiger partial charge in [-0.3, -0.25) is 4.98 Å². The van der Waals surface area contributed by atoms with Crippen molar-refractivity contribution in [3.05, 3.63) is 47.9 Å². The van der Waals surface area contributed by atoms with Gasteiger partial charge in [-0.05, 0) is 37.6 Å². The number of alkyl halides is 3. The number of pyridine rings is 2. The Bertz CT molecular complexity index is 893. The number of nitrogens with zero attached hydrogens (tertiary/aromatic N) is 4. The van der Waals surface area contributed by atoms with Crippen LogP contribution in [0, 0.1) is 0 Å². The predicted octanol–water partition coefficient (Wildman–Crippen LogP) is 3.87. The molecule has 0 aromatic carbocycles. The van der Waals surface area contributed by atoms with Crippen molar-refractivity contribution in [3.63, 3.8) is 0 Å². The van der Waals surface area contributed by atoms with Crippen LogP contribution < -0.4 is 10.6 Å². The first-order valence-electron chi connectivity index (χ1n) is 7.98. The molecule has 0 aliphatic heterocycles. The third-order valence-electron chi connectivity index (χ3n) is 3.46. The quantitative estimate of drug-likeness (QED) is 0.718. The predicted molar refractivity (Wildman–Crippen MR) is 92.7 cm³/mol. The Morgan fingerprint density at radius 1 is 1.08 bits per heavy atom. The van der Waals surface area contributed by atoms with E-state index in [4.69, 9.17) is 0 Å².